The molecule has 8 heteroatoms. The van der Waals surface area contributed by atoms with Gasteiger partial charge in [-0.1, -0.05) is 26.0 Å². The van der Waals surface area contributed by atoms with E-state index < -0.39 is 11.8 Å². The summed E-state index contributed by atoms with van der Waals surface area (Å²) in [5, 5.41) is 2.74. The Hall–Kier alpha value is -3.13. The van der Waals surface area contributed by atoms with Gasteiger partial charge in [-0.25, -0.2) is 4.98 Å². The van der Waals surface area contributed by atoms with Gasteiger partial charge in [0.25, 0.3) is 0 Å². The number of piperidine rings is 2. The van der Waals surface area contributed by atoms with Crippen LogP contribution < -0.4 is 16.0 Å². The number of nitrogen functional groups attached to an aromatic ring is 1. The van der Waals surface area contributed by atoms with Crippen molar-refractivity contribution in [1.82, 2.24) is 14.8 Å². The Morgan fingerprint density at radius 3 is 2.47 bits per heavy atom. The summed E-state index contributed by atoms with van der Waals surface area (Å²) in [6, 6.07) is 10.3. The Morgan fingerprint density at radius 2 is 1.82 bits per heavy atom. The van der Waals surface area contributed by atoms with Crippen LogP contribution in [0, 0.1) is 11.8 Å². The Kier molecular flexibility index (Phi) is 9.26. The van der Waals surface area contributed by atoms with Crippen LogP contribution in [0.15, 0.2) is 36.5 Å². The highest BCUT2D eigenvalue weighted by molar-refractivity contribution is 6.39. The molecule has 2 atom stereocenters. The second kappa shape index (κ2) is 12.6. The SMILES string of the molecule is CCc1cc(NC(=O)C(=O)N2C[C@@H](C)CCC2c2ccc(N3CCC(CCN(C)C)CC3)cc2)cnc1N. The van der Waals surface area contributed by atoms with Gasteiger partial charge in [0.2, 0.25) is 0 Å². The van der Waals surface area contributed by atoms with Crippen molar-refractivity contribution >= 4 is 29.0 Å². The van der Waals surface area contributed by atoms with Crippen LogP contribution in [0.5, 0.6) is 0 Å². The summed E-state index contributed by atoms with van der Waals surface area (Å²) in [5.41, 5.74) is 9.55. The predicted octanol–water partition coefficient (Wildman–Crippen LogP) is 4.33. The Labute approximate surface area is 227 Å². The summed E-state index contributed by atoms with van der Waals surface area (Å²) in [4.78, 5) is 37.0. The normalized spacial score (nSPS) is 20.6. The average Bonchev–Trinajstić information content (AvgIpc) is 2.93. The molecule has 8 nitrogen and oxygen atoms in total. The highest BCUT2D eigenvalue weighted by atomic mass is 16.2. The maximum absolute atomic E-state index is 13.4. The number of benzene rings is 1. The number of likely N-dealkylation sites (tertiary alicyclic amines) is 1. The van der Waals surface area contributed by atoms with Crippen molar-refractivity contribution in [3.63, 3.8) is 0 Å². The molecule has 0 aliphatic carbocycles. The van der Waals surface area contributed by atoms with E-state index in [2.05, 4.69) is 65.4 Å². The molecule has 206 valence electrons. The number of nitrogens with one attached hydrogen (secondary N) is 1. The Bertz CT molecular complexity index is 1090. The highest BCUT2D eigenvalue weighted by Gasteiger charge is 2.34. The zero-order chi connectivity index (χ0) is 27.2. The molecular formula is C30H44N6O2. The average molecular weight is 521 g/mol. The molecule has 1 aromatic carbocycles. The molecule has 0 spiro atoms. The highest BCUT2D eigenvalue weighted by Crippen LogP contribution is 2.35. The number of aromatic nitrogens is 1. The molecule has 2 saturated heterocycles. The number of carbonyl (C=O) groups excluding carboxylic acids is 2. The van der Waals surface area contributed by atoms with Gasteiger partial charge in [0.15, 0.2) is 0 Å². The van der Waals surface area contributed by atoms with E-state index in [4.69, 9.17) is 5.73 Å². The maximum atomic E-state index is 13.4. The number of hydrogen-bond donors (Lipinski definition) is 2. The fourth-order valence-corrected chi connectivity index (χ4v) is 5.74. The molecular weight excluding hydrogens is 476 g/mol. The van der Waals surface area contributed by atoms with Crippen molar-refractivity contribution < 1.29 is 9.59 Å². The van der Waals surface area contributed by atoms with Gasteiger partial charge in [0.1, 0.15) is 5.82 Å². The minimum atomic E-state index is -0.633. The number of nitrogens with two attached hydrogens (primary N) is 1. The lowest BCUT2D eigenvalue weighted by Gasteiger charge is -2.39. The first-order chi connectivity index (χ1) is 18.2. The monoisotopic (exact) mass is 520 g/mol. The van der Waals surface area contributed by atoms with E-state index in [0.29, 0.717) is 30.4 Å². The van der Waals surface area contributed by atoms with Gasteiger partial charge in [0.05, 0.1) is 17.9 Å². The maximum Gasteiger partial charge on any atom is 0.313 e. The molecule has 0 bridgehead atoms. The number of hydrogen-bond acceptors (Lipinski definition) is 6. The Balaban J connectivity index is 1.41. The van der Waals surface area contributed by atoms with Gasteiger partial charge >= 0.3 is 11.8 Å². The van der Waals surface area contributed by atoms with Crippen molar-refractivity contribution in [2.45, 2.75) is 58.4 Å². The van der Waals surface area contributed by atoms with Crippen LogP contribution in [0.4, 0.5) is 17.2 Å². The summed E-state index contributed by atoms with van der Waals surface area (Å²) in [6.45, 7) is 8.01. The molecule has 2 fully saturated rings. The molecule has 3 N–H and O–H groups in total. The molecule has 2 aliphatic heterocycles. The summed E-state index contributed by atoms with van der Waals surface area (Å²) >= 11 is 0. The molecule has 0 saturated carbocycles. The topological polar surface area (TPSA) is 94.8 Å². The first-order valence-corrected chi connectivity index (χ1v) is 14.1. The van der Waals surface area contributed by atoms with E-state index in [0.717, 1.165) is 49.5 Å². The van der Waals surface area contributed by atoms with Crippen LogP contribution in [0.2, 0.25) is 0 Å². The lowest BCUT2D eigenvalue weighted by Crippen LogP contribution is -2.46. The van der Waals surface area contributed by atoms with Crippen LogP contribution in [0.3, 0.4) is 0 Å². The van der Waals surface area contributed by atoms with E-state index in [-0.39, 0.29) is 6.04 Å². The number of nitrogens with zero attached hydrogens (tertiary/aromatic N) is 4. The second-order valence-electron chi connectivity index (χ2n) is 11.3. The lowest BCUT2D eigenvalue weighted by molar-refractivity contribution is -0.146. The molecule has 1 unspecified atom stereocenters. The molecule has 2 aromatic rings. The number of rotatable bonds is 7. The van der Waals surface area contributed by atoms with E-state index in [1.807, 2.05) is 6.92 Å². The van der Waals surface area contributed by atoms with Crippen LogP contribution in [0.1, 0.15) is 63.1 Å². The van der Waals surface area contributed by atoms with Gasteiger partial charge in [-0.15, -0.1) is 0 Å². The van der Waals surface area contributed by atoms with Crippen LogP contribution in [0.25, 0.3) is 0 Å². The van der Waals surface area contributed by atoms with Gasteiger partial charge in [-0.05, 0) is 100 Å². The number of aryl methyl sites for hydroxylation is 1. The predicted molar refractivity (Wildman–Crippen MR) is 154 cm³/mol. The number of carbonyl (C=O) groups is 2. The molecule has 3 heterocycles. The number of amides is 2. The number of anilines is 3. The van der Waals surface area contributed by atoms with Crippen molar-refractivity contribution in [3.05, 3.63) is 47.7 Å². The zero-order valence-electron chi connectivity index (χ0n) is 23.4. The van der Waals surface area contributed by atoms with E-state index in [9.17, 15) is 9.59 Å². The molecule has 1 aromatic heterocycles. The van der Waals surface area contributed by atoms with Crippen LogP contribution in [-0.4, -0.2) is 66.9 Å². The third-order valence-corrected chi connectivity index (χ3v) is 8.15. The van der Waals surface area contributed by atoms with Crippen molar-refractivity contribution in [1.29, 1.82) is 0 Å². The zero-order valence-corrected chi connectivity index (χ0v) is 23.4. The quantitative estimate of drug-likeness (QED) is 0.528. The van der Waals surface area contributed by atoms with Gasteiger partial charge in [-0.2, -0.15) is 0 Å². The lowest BCUT2D eigenvalue weighted by atomic mass is 9.89. The first kappa shape index (κ1) is 27.9. The largest absolute Gasteiger partial charge is 0.383 e. The molecule has 38 heavy (non-hydrogen) atoms. The second-order valence-corrected chi connectivity index (χ2v) is 11.3. The summed E-state index contributed by atoms with van der Waals surface area (Å²) in [6.07, 6.45) is 7.81. The molecule has 0 radical (unpaired) electrons. The third-order valence-electron chi connectivity index (χ3n) is 8.15. The minimum absolute atomic E-state index is 0.106. The third kappa shape index (κ3) is 6.84. The molecule has 2 aliphatic rings. The van der Waals surface area contributed by atoms with Gasteiger partial charge < -0.3 is 25.8 Å². The minimum Gasteiger partial charge on any atom is -0.383 e. The Morgan fingerprint density at radius 1 is 1.11 bits per heavy atom. The fraction of sp³-hybridized carbons (Fsp3) is 0.567. The van der Waals surface area contributed by atoms with E-state index in [1.165, 1.54) is 31.1 Å². The number of pyridine rings is 1. The van der Waals surface area contributed by atoms with Gasteiger partial charge in [-0.3, -0.25) is 9.59 Å². The van der Waals surface area contributed by atoms with Crippen molar-refractivity contribution in [3.8, 4) is 0 Å². The molecule has 4 rings (SSSR count). The standard InChI is InChI=1S/C30H44N6O2/c1-5-23-18-25(19-32-28(23)31)33-29(37)30(38)36-20-21(2)6-11-27(36)24-7-9-26(10-8-24)35-16-13-22(14-17-35)12-15-34(3)4/h7-10,18-19,21-22,27H,5-6,11-17,20H2,1-4H3,(H2,31,32)(H,33,37)/t21-,27?/m0/s1. The summed E-state index contributed by atoms with van der Waals surface area (Å²) < 4.78 is 0. The molecule has 2 amide bonds. The van der Waals surface area contributed by atoms with Crippen molar-refractivity contribution in [2.75, 3.05) is 56.2 Å². The van der Waals surface area contributed by atoms with Gasteiger partial charge in [0, 0.05) is 25.3 Å². The van der Waals surface area contributed by atoms with Crippen LogP contribution in [-0.2, 0) is 16.0 Å². The first-order valence-electron chi connectivity index (χ1n) is 14.1. The fourth-order valence-electron chi connectivity index (χ4n) is 5.74. The van der Waals surface area contributed by atoms with E-state index in [1.54, 1.807) is 11.0 Å². The van der Waals surface area contributed by atoms with Crippen LogP contribution >= 0.6 is 0 Å². The summed E-state index contributed by atoms with van der Waals surface area (Å²) in [5.74, 6) is 0.465. The summed E-state index contributed by atoms with van der Waals surface area (Å²) in [7, 11) is 4.29. The smallest absolute Gasteiger partial charge is 0.313 e. The van der Waals surface area contributed by atoms with Crippen molar-refractivity contribution in [2.24, 2.45) is 11.8 Å². The van der Waals surface area contributed by atoms with E-state index >= 15 is 0 Å².